The Kier molecular flexibility index (Phi) is 6.00. The number of halogens is 1. The van der Waals surface area contributed by atoms with Crippen molar-refractivity contribution in [2.75, 3.05) is 18.0 Å². The number of rotatable bonds is 5. The zero-order chi connectivity index (χ0) is 20.1. The Bertz CT molecular complexity index is 939. The van der Waals surface area contributed by atoms with Crippen molar-refractivity contribution in [3.63, 3.8) is 0 Å². The predicted octanol–water partition coefficient (Wildman–Crippen LogP) is 3.72. The van der Waals surface area contributed by atoms with E-state index >= 15 is 0 Å². The number of hydrogen-bond donors (Lipinski definition) is 1. The first-order valence-corrected chi connectivity index (χ1v) is 10.1. The number of pyridine rings is 1. The maximum Gasteiger partial charge on any atom is 0.225 e. The SMILES string of the molecule is O=C(NCc1ccccn1)C1CCN(c2ncc(-c3ccc(Cl)cc3)cn2)CC1. The average Bonchev–Trinajstić information content (AvgIpc) is 2.79. The molecule has 1 fully saturated rings. The highest BCUT2D eigenvalue weighted by atomic mass is 35.5. The molecule has 0 radical (unpaired) electrons. The standard InChI is InChI=1S/C22H22ClN5O/c23-19-6-4-16(5-7-19)18-13-26-22(27-14-18)28-11-8-17(9-12-28)21(29)25-15-20-3-1-2-10-24-20/h1-7,10,13-14,17H,8-9,11-12,15H2,(H,25,29). The molecule has 0 unspecified atom stereocenters. The number of carbonyl (C=O) groups excluding carboxylic acids is 1. The third-order valence-electron chi connectivity index (χ3n) is 5.13. The molecule has 3 heterocycles. The van der Waals surface area contributed by atoms with Crippen LogP contribution in [0.3, 0.4) is 0 Å². The summed E-state index contributed by atoms with van der Waals surface area (Å²) in [5, 5.41) is 3.70. The van der Waals surface area contributed by atoms with E-state index < -0.39 is 0 Å². The first-order chi connectivity index (χ1) is 14.2. The van der Waals surface area contributed by atoms with Crippen LogP contribution in [0.2, 0.25) is 5.02 Å². The van der Waals surface area contributed by atoms with Gasteiger partial charge in [-0.15, -0.1) is 0 Å². The van der Waals surface area contributed by atoms with Gasteiger partial charge in [-0.1, -0.05) is 29.8 Å². The van der Waals surface area contributed by atoms with Crippen molar-refractivity contribution < 1.29 is 4.79 Å². The van der Waals surface area contributed by atoms with Crippen LogP contribution < -0.4 is 10.2 Å². The van der Waals surface area contributed by atoms with E-state index in [1.54, 1.807) is 6.20 Å². The Morgan fingerprint density at radius 2 is 1.72 bits per heavy atom. The minimum Gasteiger partial charge on any atom is -0.350 e. The lowest BCUT2D eigenvalue weighted by atomic mass is 9.96. The van der Waals surface area contributed by atoms with Crippen LogP contribution in [-0.4, -0.2) is 33.9 Å². The van der Waals surface area contributed by atoms with Crippen LogP contribution in [0, 0.1) is 5.92 Å². The molecule has 6 nitrogen and oxygen atoms in total. The number of benzene rings is 1. The maximum atomic E-state index is 12.4. The van der Waals surface area contributed by atoms with E-state index in [0.29, 0.717) is 17.5 Å². The zero-order valence-electron chi connectivity index (χ0n) is 16.0. The van der Waals surface area contributed by atoms with E-state index in [-0.39, 0.29) is 11.8 Å². The van der Waals surface area contributed by atoms with Crippen molar-refractivity contribution in [2.24, 2.45) is 5.92 Å². The maximum absolute atomic E-state index is 12.4. The number of piperidine rings is 1. The fourth-order valence-corrected chi connectivity index (χ4v) is 3.57. The second-order valence-corrected chi connectivity index (χ2v) is 7.52. The second-order valence-electron chi connectivity index (χ2n) is 7.08. The fraction of sp³-hybridized carbons (Fsp3) is 0.273. The van der Waals surface area contributed by atoms with Crippen LogP contribution in [0.1, 0.15) is 18.5 Å². The van der Waals surface area contributed by atoms with Crippen LogP contribution in [0.15, 0.2) is 61.1 Å². The molecule has 0 spiro atoms. The predicted molar refractivity (Wildman–Crippen MR) is 113 cm³/mol. The fourth-order valence-electron chi connectivity index (χ4n) is 3.44. The molecule has 0 aliphatic carbocycles. The minimum atomic E-state index is 0.0169. The molecule has 1 aliphatic heterocycles. The number of hydrogen-bond acceptors (Lipinski definition) is 5. The van der Waals surface area contributed by atoms with E-state index in [1.807, 2.05) is 54.9 Å². The minimum absolute atomic E-state index is 0.0169. The third kappa shape index (κ3) is 4.90. The monoisotopic (exact) mass is 407 g/mol. The molecule has 0 atom stereocenters. The number of amides is 1. The summed E-state index contributed by atoms with van der Waals surface area (Å²) < 4.78 is 0. The van der Waals surface area contributed by atoms with Crippen LogP contribution in [0.5, 0.6) is 0 Å². The van der Waals surface area contributed by atoms with Gasteiger partial charge in [-0.2, -0.15) is 0 Å². The average molecular weight is 408 g/mol. The smallest absolute Gasteiger partial charge is 0.225 e. The van der Waals surface area contributed by atoms with Gasteiger partial charge in [0.15, 0.2) is 0 Å². The van der Waals surface area contributed by atoms with Gasteiger partial charge in [0.2, 0.25) is 11.9 Å². The Hall–Kier alpha value is -2.99. The number of anilines is 1. The summed E-state index contributed by atoms with van der Waals surface area (Å²) in [5.41, 5.74) is 2.85. The van der Waals surface area contributed by atoms with Gasteiger partial charge in [-0.3, -0.25) is 9.78 Å². The van der Waals surface area contributed by atoms with E-state index in [0.717, 1.165) is 42.8 Å². The van der Waals surface area contributed by atoms with Crippen molar-refractivity contribution in [1.82, 2.24) is 20.3 Å². The van der Waals surface area contributed by atoms with Gasteiger partial charge in [-0.25, -0.2) is 9.97 Å². The first-order valence-electron chi connectivity index (χ1n) is 9.69. The Balaban J connectivity index is 1.30. The summed E-state index contributed by atoms with van der Waals surface area (Å²) in [6.07, 6.45) is 6.97. The van der Waals surface area contributed by atoms with Crippen LogP contribution in [0.25, 0.3) is 11.1 Å². The Morgan fingerprint density at radius 3 is 2.38 bits per heavy atom. The van der Waals surface area contributed by atoms with Gasteiger partial charge in [0.1, 0.15) is 0 Å². The van der Waals surface area contributed by atoms with Crippen molar-refractivity contribution in [1.29, 1.82) is 0 Å². The largest absolute Gasteiger partial charge is 0.350 e. The van der Waals surface area contributed by atoms with Gasteiger partial charge in [-0.05, 0) is 42.7 Å². The van der Waals surface area contributed by atoms with Gasteiger partial charge in [0, 0.05) is 48.2 Å². The molecule has 4 rings (SSSR count). The lowest BCUT2D eigenvalue weighted by Gasteiger charge is -2.31. The summed E-state index contributed by atoms with van der Waals surface area (Å²) in [6, 6.07) is 13.3. The lowest BCUT2D eigenvalue weighted by molar-refractivity contribution is -0.125. The molecule has 148 valence electrons. The van der Waals surface area contributed by atoms with E-state index in [1.165, 1.54) is 0 Å². The van der Waals surface area contributed by atoms with Gasteiger partial charge < -0.3 is 10.2 Å². The van der Waals surface area contributed by atoms with Gasteiger partial charge in [0.25, 0.3) is 0 Å². The van der Waals surface area contributed by atoms with Crippen LogP contribution in [0.4, 0.5) is 5.95 Å². The molecular weight excluding hydrogens is 386 g/mol. The molecule has 0 saturated carbocycles. The molecular formula is C22H22ClN5O. The molecule has 3 aromatic rings. The number of nitrogens with one attached hydrogen (secondary N) is 1. The van der Waals surface area contributed by atoms with E-state index in [4.69, 9.17) is 11.6 Å². The van der Waals surface area contributed by atoms with Gasteiger partial charge >= 0.3 is 0 Å². The van der Waals surface area contributed by atoms with Crippen molar-refractivity contribution in [2.45, 2.75) is 19.4 Å². The lowest BCUT2D eigenvalue weighted by Crippen LogP contribution is -2.41. The van der Waals surface area contributed by atoms with Crippen LogP contribution >= 0.6 is 11.6 Å². The molecule has 1 aliphatic rings. The number of carbonyl (C=O) groups is 1. The van der Waals surface area contributed by atoms with Crippen molar-refractivity contribution in [3.8, 4) is 11.1 Å². The molecule has 1 amide bonds. The molecule has 1 saturated heterocycles. The molecule has 1 aromatic carbocycles. The highest BCUT2D eigenvalue weighted by molar-refractivity contribution is 6.30. The summed E-state index contributed by atoms with van der Waals surface area (Å²) in [4.78, 5) is 27.9. The molecule has 7 heteroatoms. The summed E-state index contributed by atoms with van der Waals surface area (Å²) in [5.74, 6) is 0.813. The Morgan fingerprint density at radius 1 is 1.00 bits per heavy atom. The van der Waals surface area contributed by atoms with E-state index in [9.17, 15) is 4.79 Å². The van der Waals surface area contributed by atoms with E-state index in [2.05, 4.69) is 25.2 Å². The van der Waals surface area contributed by atoms with Crippen LogP contribution in [-0.2, 0) is 11.3 Å². The molecule has 1 N–H and O–H groups in total. The number of aromatic nitrogens is 3. The zero-order valence-corrected chi connectivity index (χ0v) is 16.7. The highest BCUT2D eigenvalue weighted by Crippen LogP contribution is 2.24. The van der Waals surface area contributed by atoms with Crippen molar-refractivity contribution >= 4 is 23.5 Å². The molecule has 29 heavy (non-hydrogen) atoms. The summed E-state index contributed by atoms with van der Waals surface area (Å²) in [7, 11) is 0. The molecule has 2 aromatic heterocycles. The third-order valence-corrected chi connectivity index (χ3v) is 5.39. The van der Waals surface area contributed by atoms with Gasteiger partial charge in [0.05, 0.1) is 12.2 Å². The first kappa shape index (κ1) is 19.3. The number of nitrogens with zero attached hydrogens (tertiary/aromatic N) is 4. The van der Waals surface area contributed by atoms with Crippen molar-refractivity contribution in [3.05, 3.63) is 71.8 Å². The Labute approximate surface area is 175 Å². The normalized spacial score (nSPS) is 14.6. The summed E-state index contributed by atoms with van der Waals surface area (Å²) >= 11 is 5.94. The topological polar surface area (TPSA) is 71.0 Å². The quantitative estimate of drug-likeness (QED) is 0.697. The molecule has 0 bridgehead atoms. The highest BCUT2D eigenvalue weighted by Gasteiger charge is 2.26. The summed E-state index contributed by atoms with van der Waals surface area (Å²) in [6.45, 7) is 2.00. The second kappa shape index (κ2) is 9.01.